The zero-order chi connectivity index (χ0) is 32.7. The summed E-state index contributed by atoms with van der Waals surface area (Å²) >= 11 is 0. The SMILES string of the molecule is CC(C)(C)c1cc(OCC2CO2)c(C(C)(C)C)cc1OCC(O)COc1cc(C(C)(C)C)c(OCC2CO2)cc1C(C)(C)C. The average Bonchev–Trinajstić information content (AvgIpc) is 3.81. The molecular formula is C37H56O7. The van der Waals surface area contributed by atoms with Crippen LogP contribution >= 0.6 is 0 Å². The minimum Gasteiger partial charge on any atom is -0.490 e. The van der Waals surface area contributed by atoms with Gasteiger partial charge in [-0.3, -0.25) is 0 Å². The van der Waals surface area contributed by atoms with Crippen LogP contribution < -0.4 is 18.9 Å². The molecule has 2 heterocycles. The molecule has 2 aliphatic heterocycles. The number of hydrogen-bond acceptors (Lipinski definition) is 7. The summed E-state index contributed by atoms with van der Waals surface area (Å²) in [4.78, 5) is 0. The number of rotatable bonds is 12. The Kier molecular flexibility index (Phi) is 9.95. The fourth-order valence-corrected chi connectivity index (χ4v) is 5.06. The summed E-state index contributed by atoms with van der Waals surface area (Å²) in [6.07, 6.45) is -0.490. The van der Waals surface area contributed by atoms with E-state index >= 15 is 0 Å². The van der Waals surface area contributed by atoms with E-state index < -0.39 is 6.10 Å². The third-order valence-corrected chi connectivity index (χ3v) is 7.91. The van der Waals surface area contributed by atoms with Gasteiger partial charge in [0.2, 0.25) is 0 Å². The van der Waals surface area contributed by atoms with Crippen molar-refractivity contribution in [2.45, 2.75) is 123 Å². The number of aliphatic hydroxyl groups excluding tert-OH is 1. The number of epoxide rings is 2. The van der Waals surface area contributed by atoms with Crippen molar-refractivity contribution < 1.29 is 33.5 Å². The summed E-state index contributed by atoms with van der Waals surface area (Å²) < 4.78 is 35.9. The maximum Gasteiger partial charge on any atom is 0.123 e. The van der Waals surface area contributed by atoms with Crippen LogP contribution in [-0.4, -0.2) is 63.1 Å². The summed E-state index contributed by atoms with van der Waals surface area (Å²) in [6, 6.07) is 8.36. The van der Waals surface area contributed by atoms with Crippen LogP contribution in [0.2, 0.25) is 0 Å². The minimum absolute atomic E-state index is 0.0995. The lowest BCUT2D eigenvalue weighted by Gasteiger charge is -2.30. The van der Waals surface area contributed by atoms with Crippen LogP contribution in [0, 0.1) is 0 Å². The van der Waals surface area contributed by atoms with Crippen LogP contribution in [0.1, 0.15) is 105 Å². The monoisotopic (exact) mass is 612 g/mol. The first-order valence-electron chi connectivity index (χ1n) is 16.0. The van der Waals surface area contributed by atoms with E-state index in [0.29, 0.717) is 13.2 Å². The van der Waals surface area contributed by atoms with Crippen LogP contribution in [0.5, 0.6) is 23.0 Å². The van der Waals surface area contributed by atoms with E-state index in [1.54, 1.807) is 0 Å². The maximum atomic E-state index is 11.1. The van der Waals surface area contributed by atoms with Gasteiger partial charge in [0, 0.05) is 22.3 Å². The highest BCUT2D eigenvalue weighted by molar-refractivity contribution is 5.53. The highest BCUT2D eigenvalue weighted by Crippen LogP contribution is 2.43. The number of ether oxygens (including phenoxy) is 6. The predicted octanol–water partition coefficient (Wildman–Crippen LogP) is 7.25. The van der Waals surface area contributed by atoms with E-state index in [2.05, 4.69) is 107 Å². The third kappa shape index (κ3) is 9.27. The molecule has 1 N–H and O–H groups in total. The van der Waals surface area contributed by atoms with Gasteiger partial charge in [-0.1, -0.05) is 83.1 Å². The Morgan fingerprint density at radius 2 is 0.795 bits per heavy atom. The van der Waals surface area contributed by atoms with Crippen molar-refractivity contribution in [1.82, 2.24) is 0 Å². The fraction of sp³-hybridized carbons (Fsp3) is 0.676. The Morgan fingerprint density at radius 1 is 0.545 bits per heavy atom. The molecule has 7 nitrogen and oxygen atoms in total. The highest BCUT2D eigenvalue weighted by Gasteiger charge is 2.31. The molecular weight excluding hydrogens is 556 g/mol. The predicted molar refractivity (Wildman–Crippen MR) is 175 cm³/mol. The van der Waals surface area contributed by atoms with Crippen molar-refractivity contribution in [1.29, 1.82) is 0 Å². The Labute approximate surface area is 265 Å². The Bertz CT molecular complexity index is 1180. The van der Waals surface area contributed by atoms with Gasteiger partial charge in [-0.05, 0) is 45.9 Å². The molecule has 2 aromatic carbocycles. The van der Waals surface area contributed by atoms with Gasteiger partial charge in [0.15, 0.2) is 0 Å². The molecule has 2 atom stereocenters. The second kappa shape index (κ2) is 12.7. The zero-order valence-corrected chi connectivity index (χ0v) is 29.2. The second-order valence-electron chi connectivity index (χ2n) is 16.5. The third-order valence-electron chi connectivity index (χ3n) is 7.91. The van der Waals surface area contributed by atoms with Gasteiger partial charge in [-0.15, -0.1) is 0 Å². The van der Waals surface area contributed by atoms with Gasteiger partial charge in [0.1, 0.15) is 67.7 Å². The van der Waals surface area contributed by atoms with Gasteiger partial charge in [-0.25, -0.2) is 0 Å². The lowest BCUT2D eigenvalue weighted by Crippen LogP contribution is -2.27. The number of benzene rings is 2. The summed E-state index contributed by atoms with van der Waals surface area (Å²) in [5, 5.41) is 11.1. The molecule has 0 saturated carbocycles. The van der Waals surface area contributed by atoms with Crippen LogP contribution in [0.3, 0.4) is 0 Å². The Balaban J connectivity index is 1.53. The first-order valence-corrected chi connectivity index (χ1v) is 16.0. The van der Waals surface area contributed by atoms with E-state index in [4.69, 9.17) is 28.4 Å². The molecule has 7 heteroatoms. The highest BCUT2D eigenvalue weighted by atomic mass is 16.6. The van der Waals surface area contributed by atoms with Gasteiger partial charge < -0.3 is 33.5 Å². The molecule has 0 aliphatic carbocycles. The van der Waals surface area contributed by atoms with E-state index in [1.165, 1.54) is 0 Å². The summed E-state index contributed by atoms with van der Waals surface area (Å²) in [7, 11) is 0. The van der Waals surface area contributed by atoms with Gasteiger partial charge in [-0.2, -0.15) is 0 Å². The number of aliphatic hydroxyl groups is 1. The zero-order valence-electron chi connectivity index (χ0n) is 29.2. The fourth-order valence-electron chi connectivity index (χ4n) is 5.06. The normalized spacial score (nSPS) is 19.4. The smallest absolute Gasteiger partial charge is 0.123 e. The standard InChI is InChI=1S/C37H56O7/c1-34(2,3)26-15-32(43-21-24-19-39-24)28(36(7,8)9)13-30(26)41-17-23(38)18-42-31-14-29(37(10,11)12)33(44-22-25-20-40-25)16-27(31)35(4,5)6/h13-16,23-25,38H,17-22H2,1-12H3. The van der Waals surface area contributed by atoms with Crippen LogP contribution in [0.15, 0.2) is 24.3 Å². The van der Waals surface area contributed by atoms with Crippen molar-refractivity contribution in [2.75, 3.05) is 39.6 Å². The second-order valence-corrected chi connectivity index (χ2v) is 16.5. The van der Waals surface area contributed by atoms with Gasteiger partial charge >= 0.3 is 0 Å². The summed E-state index contributed by atoms with van der Waals surface area (Å²) in [5.74, 6) is 3.22. The molecule has 0 spiro atoms. The van der Waals surface area contributed by atoms with Crippen LogP contribution in [0.4, 0.5) is 0 Å². The van der Waals surface area contributed by atoms with Crippen molar-refractivity contribution in [3.8, 4) is 23.0 Å². The molecule has 2 aromatic rings. The molecule has 4 rings (SSSR count). The van der Waals surface area contributed by atoms with Crippen molar-refractivity contribution in [3.05, 3.63) is 46.5 Å². The largest absolute Gasteiger partial charge is 0.490 e. The van der Waals surface area contributed by atoms with E-state index in [1.807, 2.05) is 0 Å². The molecule has 2 saturated heterocycles. The average molecular weight is 613 g/mol. The van der Waals surface area contributed by atoms with Crippen molar-refractivity contribution in [3.63, 3.8) is 0 Å². The molecule has 0 aromatic heterocycles. The first-order chi connectivity index (χ1) is 20.2. The van der Waals surface area contributed by atoms with Crippen LogP contribution in [-0.2, 0) is 31.1 Å². The molecule has 0 bridgehead atoms. The van der Waals surface area contributed by atoms with E-state index in [-0.39, 0.29) is 47.1 Å². The lowest BCUT2D eigenvalue weighted by molar-refractivity contribution is 0.0611. The van der Waals surface area contributed by atoms with Crippen molar-refractivity contribution >= 4 is 0 Å². The Morgan fingerprint density at radius 3 is 1.02 bits per heavy atom. The molecule has 246 valence electrons. The minimum atomic E-state index is -0.835. The molecule has 0 radical (unpaired) electrons. The quantitative estimate of drug-likeness (QED) is 0.253. The molecule has 2 unspecified atom stereocenters. The maximum absolute atomic E-state index is 11.1. The first kappa shape index (κ1) is 34.4. The summed E-state index contributed by atoms with van der Waals surface area (Å²) in [5.41, 5.74) is 3.48. The number of hydrogen-bond donors (Lipinski definition) is 1. The van der Waals surface area contributed by atoms with Crippen molar-refractivity contribution in [2.24, 2.45) is 0 Å². The molecule has 2 aliphatic rings. The van der Waals surface area contributed by atoms with E-state index in [9.17, 15) is 5.11 Å². The van der Waals surface area contributed by atoms with Gasteiger partial charge in [0.05, 0.1) is 13.2 Å². The molecule has 44 heavy (non-hydrogen) atoms. The molecule has 0 amide bonds. The van der Waals surface area contributed by atoms with Gasteiger partial charge in [0.25, 0.3) is 0 Å². The topological polar surface area (TPSA) is 82.2 Å². The molecule has 2 fully saturated rings. The van der Waals surface area contributed by atoms with Crippen LogP contribution in [0.25, 0.3) is 0 Å². The van der Waals surface area contributed by atoms with E-state index in [0.717, 1.165) is 58.5 Å². The Hall–Kier alpha value is -2.48. The lowest BCUT2D eigenvalue weighted by atomic mass is 9.81. The summed E-state index contributed by atoms with van der Waals surface area (Å²) in [6.45, 7) is 28.7.